The molecule has 9 nitrogen and oxygen atoms in total. The van der Waals surface area contributed by atoms with E-state index < -0.39 is 5.92 Å². The van der Waals surface area contributed by atoms with E-state index in [4.69, 9.17) is 4.52 Å². The van der Waals surface area contributed by atoms with Crippen molar-refractivity contribution in [1.29, 1.82) is 0 Å². The molecule has 132 valence electrons. The van der Waals surface area contributed by atoms with Crippen LogP contribution in [0.4, 0.5) is 5.13 Å². The van der Waals surface area contributed by atoms with Crippen LogP contribution in [0.1, 0.15) is 12.3 Å². The Balaban J connectivity index is 1.35. The Bertz CT molecular complexity index is 911. The van der Waals surface area contributed by atoms with E-state index in [-0.39, 0.29) is 30.7 Å². The van der Waals surface area contributed by atoms with Gasteiger partial charge in [0, 0.05) is 30.7 Å². The van der Waals surface area contributed by atoms with Crippen molar-refractivity contribution >= 4 is 28.3 Å². The SMILES string of the molecule is O=C(NCc1nc(-c2ccccn2)no1)C1CC(=O)N(c2nccs2)C1. The van der Waals surface area contributed by atoms with Crippen LogP contribution in [0.2, 0.25) is 0 Å². The van der Waals surface area contributed by atoms with Crippen LogP contribution >= 0.6 is 11.3 Å². The van der Waals surface area contributed by atoms with E-state index in [1.165, 1.54) is 11.3 Å². The summed E-state index contributed by atoms with van der Waals surface area (Å²) in [5, 5.41) is 9.00. The molecule has 1 unspecified atom stereocenters. The van der Waals surface area contributed by atoms with E-state index in [0.29, 0.717) is 23.2 Å². The number of rotatable bonds is 5. The summed E-state index contributed by atoms with van der Waals surface area (Å²) in [6.45, 7) is 0.418. The number of nitrogens with zero attached hydrogens (tertiary/aromatic N) is 5. The first-order valence-electron chi connectivity index (χ1n) is 7.92. The molecule has 2 amide bonds. The molecule has 26 heavy (non-hydrogen) atoms. The highest BCUT2D eigenvalue weighted by atomic mass is 32.1. The number of nitrogens with one attached hydrogen (secondary N) is 1. The van der Waals surface area contributed by atoms with Crippen LogP contribution in [0.15, 0.2) is 40.5 Å². The van der Waals surface area contributed by atoms with Gasteiger partial charge in [0.05, 0.1) is 12.5 Å². The number of carbonyl (C=O) groups excluding carboxylic acids is 2. The molecule has 1 N–H and O–H groups in total. The van der Waals surface area contributed by atoms with Gasteiger partial charge in [0.2, 0.25) is 23.5 Å². The first-order valence-corrected chi connectivity index (χ1v) is 8.80. The molecule has 1 saturated heterocycles. The second-order valence-corrected chi connectivity index (χ2v) is 6.54. The second-order valence-electron chi connectivity index (χ2n) is 5.66. The Morgan fingerprint density at radius 2 is 2.27 bits per heavy atom. The Hall–Kier alpha value is -3.14. The molecule has 1 atom stereocenters. The van der Waals surface area contributed by atoms with E-state index in [1.807, 2.05) is 6.07 Å². The second kappa shape index (κ2) is 7.00. The van der Waals surface area contributed by atoms with Gasteiger partial charge in [0.1, 0.15) is 5.69 Å². The van der Waals surface area contributed by atoms with Crippen LogP contribution in [0.3, 0.4) is 0 Å². The van der Waals surface area contributed by atoms with E-state index in [0.717, 1.165) is 0 Å². The van der Waals surface area contributed by atoms with Gasteiger partial charge in [0.25, 0.3) is 0 Å². The van der Waals surface area contributed by atoms with Crippen molar-refractivity contribution in [2.24, 2.45) is 5.92 Å². The number of thiazole rings is 1. The molecule has 0 aromatic carbocycles. The Morgan fingerprint density at radius 1 is 1.35 bits per heavy atom. The fraction of sp³-hybridized carbons (Fsp3) is 0.250. The van der Waals surface area contributed by atoms with Gasteiger partial charge in [-0.25, -0.2) is 4.98 Å². The molecule has 3 aromatic rings. The van der Waals surface area contributed by atoms with Gasteiger partial charge in [-0.15, -0.1) is 11.3 Å². The van der Waals surface area contributed by atoms with Gasteiger partial charge in [-0.3, -0.25) is 19.5 Å². The van der Waals surface area contributed by atoms with Crippen LogP contribution in [0.25, 0.3) is 11.5 Å². The summed E-state index contributed by atoms with van der Waals surface area (Å²) in [7, 11) is 0. The number of pyridine rings is 1. The zero-order valence-electron chi connectivity index (χ0n) is 13.5. The molecule has 1 aliphatic heterocycles. The lowest BCUT2D eigenvalue weighted by Gasteiger charge is -2.12. The minimum Gasteiger partial charge on any atom is -0.347 e. The molecule has 0 saturated carbocycles. The van der Waals surface area contributed by atoms with Crippen molar-refractivity contribution in [1.82, 2.24) is 25.4 Å². The summed E-state index contributed by atoms with van der Waals surface area (Å²) in [5.41, 5.74) is 0.592. The van der Waals surface area contributed by atoms with Gasteiger partial charge >= 0.3 is 0 Å². The van der Waals surface area contributed by atoms with E-state index in [9.17, 15) is 9.59 Å². The molecule has 3 aromatic heterocycles. The highest BCUT2D eigenvalue weighted by molar-refractivity contribution is 7.13. The smallest absolute Gasteiger partial charge is 0.246 e. The lowest BCUT2D eigenvalue weighted by atomic mass is 10.1. The number of amides is 2. The third kappa shape index (κ3) is 3.31. The van der Waals surface area contributed by atoms with Gasteiger partial charge in [-0.2, -0.15) is 4.98 Å². The van der Waals surface area contributed by atoms with E-state index in [1.54, 1.807) is 34.8 Å². The van der Waals surface area contributed by atoms with Crippen LogP contribution < -0.4 is 10.2 Å². The van der Waals surface area contributed by atoms with Gasteiger partial charge in [-0.05, 0) is 12.1 Å². The summed E-state index contributed by atoms with van der Waals surface area (Å²) in [6, 6.07) is 5.39. The lowest BCUT2D eigenvalue weighted by molar-refractivity contribution is -0.126. The third-order valence-electron chi connectivity index (χ3n) is 3.92. The fourth-order valence-corrected chi connectivity index (χ4v) is 3.32. The molecule has 1 fully saturated rings. The van der Waals surface area contributed by atoms with Crippen molar-refractivity contribution in [3.05, 3.63) is 41.9 Å². The van der Waals surface area contributed by atoms with Crippen LogP contribution in [0.5, 0.6) is 0 Å². The van der Waals surface area contributed by atoms with Crippen LogP contribution in [0, 0.1) is 5.92 Å². The van der Waals surface area contributed by atoms with Gasteiger partial charge in [-0.1, -0.05) is 11.2 Å². The number of anilines is 1. The van der Waals surface area contributed by atoms with E-state index >= 15 is 0 Å². The normalized spacial score (nSPS) is 16.8. The molecule has 10 heteroatoms. The third-order valence-corrected chi connectivity index (χ3v) is 4.72. The number of carbonyl (C=O) groups is 2. The summed E-state index contributed by atoms with van der Waals surface area (Å²) in [6.07, 6.45) is 3.43. The molecule has 1 aliphatic rings. The maximum Gasteiger partial charge on any atom is 0.246 e. The largest absolute Gasteiger partial charge is 0.347 e. The van der Waals surface area contributed by atoms with Crippen molar-refractivity contribution in [3.63, 3.8) is 0 Å². The number of hydrogen-bond donors (Lipinski definition) is 1. The molecule has 0 bridgehead atoms. The van der Waals surface area contributed by atoms with Crippen molar-refractivity contribution in [3.8, 4) is 11.5 Å². The molecule has 0 aliphatic carbocycles. The summed E-state index contributed by atoms with van der Waals surface area (Å²) in [4.78, 5) is 38.4. The molecular formula is C16H14N6O3S. The Morgan fingerprint density at radius 3 is 3.04 bits per heavy atom. The number of aromatic nitrogens is 4. The predicted octanol–water partition coefficient (Wildman–Crippen LogP) is 1.26. The fourth-order valence-electron chi connectivity index (χ4n) is 2.65. The topological polar surface area (TPSA) is 114 Å². The van der Waals surface area contributed by atoms with Gasteiger partial charge in [0.15, 0.2) is 5.13 Å². The summed E-state index contributed by atoms with van der Waals surface area (Å²) < 4.78 is 5.13. The first kappa shape index (κ1) is 16.3. The molecule has 4 heterocycles. The predicted molar refractivity (Wildman–Crippen MR) is 91.9 cm³/mol. The average molecular weight is 370 g/mol. The summed E-state index contributed by atoms with van der Waals surface area (Å²) in [5.74, 6) is -0.115. The van der Waals surface area contributed by atoms with Crippen LogP contribution in [-0.2, 0) is 16.1 Å². The van der Waals surface area contributed by atoms with Crippen molar-refractivity contribution in [2.75, 3.05) is 11.4 Å². The number of hydrogen-bond acceptors (Lipinski definition) is 8. The standard InChI is InChI=1S/C16H14N6O3S/c23-13-7-10(9-22(13)16-18-5-6-26-16)15(24)19-8-12-20-14(21-25-12)11-3-1-2-4-17-11/h1-6,10H,7-9H2,(H,19,24). The monoisotopic (exact) mass is 370 g/mol. The Kier molecular flexibility index (Phi) is 4.40. The summed E-state index contributed by atoms with van der Waals surface area (Å²) >= 11 is 1.37. The van der Waals surface area contributed by atoms with Crippen molar-refractivity contribution in [2.45, 2.75) is 13.0 Å². The molecular weight excluding hydrogens is 356 g/mol. The first-order chi connectivity index (χ1) is 12.7. The minimum atomic E-state index is -0.426. The Labute approximate surface area is 152 Å². The molecule has 0 spiro atoms. The van der Waals surface area contributed by atoms with Crippen molar-refractivity contribution < 1.29 is 14.1 Å². The average Bonchev–Trinajstić information content (AvgIpc) is 3.41. The maximum absolute atomic E-state index is 12.3. The quantitative estimate of drug-likeness (QED) is 0.719. The van der Waals surface area contributed by atoms with E-state index in [2.05, 4.69) is 25.4 Å². The maximum atomic E-state index is 12.3. The lowest BCUT2D eigenvalue weighted by Crippen LogP contribution is -2.32. The molecule has 4 rings (SSSR count). The zero-order chi connectivity index (χ0) is 17.9. The molecule has 0 radical (unpaired) electrons. The van der Waals surface area contributed by atoms with Gasteiger partial charge < -0.3 is 9.84 Å². The highest BCUT2D eigenvalue weighted by Gasteiger charge is 2.36. The zero-order valence-corrected chi connectivity index (χ0v) is 14.3. The highest BCUT2D eigenvalue weighted by Crippen LogP contribution is 2.26. The minimum absolute atomic E-state index is 0.0978. The van der Waals surface area contributed by atoms with Crippen LogP contribution in [-0.4, -0.2) is 38.5 Å².